The van der Waals surface area contributed by atoms with Crippen molar-refractivity contribution in [2.45, 2.75) is 44.6 Å². The molecule has 1 aromatic carbocycles. The molecule has 1 aliphatic rings. The summed E-state index contributed by atoms with van der Waals surface area (Å²) in [5.41, 5.74) is 18.6. The standard InChI is InChI=1S/C21H25N7/c1-12-10-14-11-16(6-7-17(14)25-12)26-19-18(13-2-4-15(22)5-3-13)20(23)27-28-9-8-24-21(19)28/h6-11,13,15,25-26H,2-5,22H2,1H3,(H2,23,27)/t13-,15-. The van der Waals surface area contributed by atoms with Crippen LogP contribution in [0.3, 0.4) is 0 Å². The minimum Gasteiger partial charge on any atom is -0.382 e. The molecule has 7 nitrogen and oxygen atoms in total. The van der Waals surface area contributed by atoms with Gasteiger partial charge < -0.3 is 21.8 Å². The van der Waals surface area contributed by atoms with E-state index < -0.39 is 0 Å². The molecule has 5 rings (SSSR count). The monoisotopic (exact) mass is 375 g/mol. The molecule has 0 spiro atoms. The number of aromatic amines is 1. The van der Waals surface area contributed by atoms with Crippen molar-refractivity contribution < 1.29 is 0 Å². The van der Waals surface area contributed by atoms with Crippen LogP contribution < -0.4 is 16.8 Å². The van der Waals surface area contributed by atoms with Gasteiger partial charge in [0.15, 0.2) is 5.65 Å². The molecule has 0 bridgehead atoms. The Hall–Kier alpha value is -3.06. The van der Waals surface area contributed by atoms with Crippen LogP contribution in [0.2, 0.25) is 0 Å². The van der Waals surface area contributed by atoms with E-state index in [-0.39, 0.29) is 6.04 Å². The molecule has 0 saturated heterocycles. The number of fused-ring (bicyclic) bond motifs is 2. The topological polar surface area (TPSA) is 110 Å². The second-order valence-electron chi connectivity index (χ2n) is 7.86. The van der Waals surface area contributed by atoms with Gasteiger partial charge in [-0.2, -0.15) is 0 Å². The molecule has 1 aliphatic carbocycles. The molecule has 0 atom stereocenters. The highest BCUT2D eigenvalue weighted by atomic mass is 15.3. The second kappa shape index (κ2) is 6.53. The number of hydrogen-bond donors (Lipinski definition) is 4. The van der Waals surface area contributed by atoms with Crippen LogP contribution in [0.15, 0.2) is 36.7 Å². The zero-order valence-electron chi connectivity index (χ0n) is 15.9. The molecular formula is C21H25N7. The first-order valence-corrected chi connectivity index (χ1v) is 9.83. The number of imidazole rings is 1. The van der Waals surface area contributed by atoms with E-state index in [1.54, 1.807) is 10.7 Å². The Balaban J connectivity index is 1.61. The lowest BCUT2D eigenvalue weighted by atomic mass is 9.81. The van der Waals surface area contributed by atoms with Crippen molar-refractivity contribution in [3.63, 3.8) is 0 Å². The van der Waals surface area contributed by atoms with E-state index in [0.29, 0.717) is 11.7 Å². The molecule has 3 aromatic heterocycles. The van der Waals surface area contributed by atoms with E-state index in [1.807, 2.05) is 6.20 Å². The van der Waals surface area contributed by atoms with Crippen molar-refractivity contribution in [2.24, 2.45) is 5.73 Å². The van der Waals surface area contributed by atoms with Crippen LogP contribution in [0.4, 0.5) is 17.2 Å². The lowest BCUT2D eigenvalue weighted by Gasteiger charge is -2.28. The summed E-state index contributed by atoms with van der Waals surface area (Å²) >= 11 is 0. The maximum Gasteiger partial charge on any atom is 0.177 e. The Morgan fingerprint density at radius 3 is 2.82 bits per heavy atom. The summed E-state index contributed by atoms with van der Waals surface area (Å²) in [6, 6.07) is 8.76. The van der Waals surface area contributed by atoms with Gasteiger partial charge in [-0.1, -0.05) is 0 Å². The number of nitrogens with two attached hydrogens (primary N) is 2. The first-order valence-electron chi connectivity index (χ1n) is 9.83. The first-order chi connectivity index (χ1) is 13.6. The molecule has 28 heavy (non-hydrogen) atoms. The number of anilines is 3. The lowest BCUT2D eigenvalue weighted by molar-refractivity contribution is 0.396. The smallest absolute Gasteiger partial charge is 0.177 e. The van der Waals surface area contributed by atoms with Crippen LogP contribution in [0, 0.1) is 6.92 Å². The number of hydrogen-bond acceptors (Lipinski definition) is 5. The zero-order valence-corrected chi connectivity index (χ0v) is 15.9. The van der Waals surface area contributed by atoms with Gasteiger partial charge in [-0.05, 0) is 62.8 Å². The minimum absolute atomic E-state index is 0.288. The van der Waals surface area contributed by atoms with E-state index in [0.717, 1.165) is 59.5 Å². The van der Waals surface area contributed by atoms with Crippen molar-refractivity contribution in [1.82, 2.24) is 19.6 Å². The van der Waals surface area contributed by atoms with E-state index >= 15 is 0 Å². The largest absolute Gasteiger partial charge is 0.382 e. The summed E-state index contributed by atoms with van der Waals surface area (Å²) in [6.45, 7) is 2.07. The fourth-order valence-electron chi connectivity index (χ4n) is 4.42. The molecule has 0 unspecified atom stereocenters. The average molecular weight is 375 g/mol. The quantitative estimate of drug-likeness (QED) is 0.435. The number of nitrogen functional groups attached to an aromatic ring is 1. The molecular weight excluding hydrogens is 350 g/mol. The second-order valence-corrected chi connectivity index (χ2v) is 7.86. The summed E-state index contributed by atoms with van der Waals surface area (Å²) in [6.07, 6.45) is 7.65. The first kappa shape index (κ1) is 17.1. The van der Waals surface area contributed by atoms with E-state index in [9.17, 15) is 0 Å². The van der Waals surface area contributed by atoms with Gasteiger partial charge in [0.1, 0.15) is 5.82 Å². The van der Waals surface area contributed by atoms with Crippen molar-refractivity contribution in [2.75, 3.05) is 11.1 Å². The van der Waals surface area contributed by atoms with Crippen molar-refractivity contribution >= 4 is 33.7 Å². The van der Waals surface area contributed by atoms with Crippen molar-refractivity contribution in [1.29, 1.82) is 0 Å². The van der Waals surface area contributed by atoms with E-state index in [2.05, 4.69) is 51.6 Å². The maximum atomic E-state index is 6.42. The fraction of sp³-hybridized carbons (Fsp3) is 0.333. The SMILES string of the molecule is Cc1cc2cc(Nc3c4nccn4nc(N)c3[C@H]3CC[C@H](N)CC3)ccc2[nH]1. The Kier molecular flexibility index (Phi) is 3.98. The number of nitrogens with one attached hydrogen (secondary N) is 2. The zero-order chi connectivity index (χ0) is 19.3. The third-order valence-electron chi connectivity index (χ3n) is 5.81. The third-order valence-corrected chi connectivity index (χ3v) is 5.81. The molecule has 7 heteroatoms. The van der Waals surface area contributed by atoms with Crippen LogP contribution in [0.25, 0.3) is 16.6 Å². The molecule has 4 aromatic rings. The fourth-order valence-corrected chi connectivity index (χ4v) is 4.42. The van der Waals surface area contributed by atoms with Crippen LogP contribution >= 0.6 is 0 Å². The molecule has 0 radical (unpaired) electrons. The molecule has 0 amide bonds. The van der Waals surface area contributed by atoms with Crippen molar-refractivity contribution in [3.8, 4) is 0 Å². The van der Waals surface area contributed by atoms with Gasteiger partial charge in [-0.25, -0.2) is 9.50 Å². The van der Waals surface area contributed by atoms with Crippen LogP contribution in [0.1, 0.15) is 42.9 Å². The van der Waals surface area contributed by atoms with Crippen LogP contribution in [-0.4, -0.2) is 25.6 Å². The van der Waals surface area contributed by atoms with Gasteiger partial charge in [0.05, 0.1) is 5.69 Å². The lowest BCUT2D eigenvalue weighted by Crippen LogP contribution is -2.26. The molecule has 0 aliphatic heterocycles. The summed E-state index contributed by atoms with van der Waals surface area (Å²) in [4.78, 5) is 7.91. The third kappa shape index (κ3) is 2.88. The summed E-state index contributed by atoms with van der Waals surface area (Å²) in [7, 11) is 0. The number of aryl methyl sites for hydroxylation is 1. The number of H-pyrrole nitrogens is 1. The van der Waals surface area contributed by atoms with Gasteiger partial charge in [0.2, 0.25) is 0 Å². The number of nitrogens with zero attached hydrogens (tertiary/aromatic N) is 3. The number of benzene rings is 1. The van der Waals surface area contributed by atoms with Crippen LogP contribution in [0.5, 0.6) is 0 Å². The van der Waals surface area contributed by atoms with E-state index in [4.69, 9.17) is 11.5 Å². The minimum atomic E-state index is 0.288. The summed E-state index contributed by atoms with van der Waals surface area (Å²) in [5.74, 6) is 0.904. The highest BCUT2D eigenvalue weighted by Gasteiger charge is 2.27. The Morgan fingerprint density at radius 2 is 2.00 bits per heavy atom. The molecule has 3 heterocycles. The maximum absolute atomic E-state index is 6.42. The van der Waals surface area contributed by atoms with Crippen molar-refractivity contribution in [3.05, 3.63) is 47.9 Å². The van der Waals surface area contributed by atoms with Gasteiger partial charge in [0.25, 0.3) is 0 Å². The summed E-state index contributed by atoms with van der Waals surface area (Å²) in [5, 5.41) is 9.32. The molecule has 144 valence electrons. The number of rotatable bonds is 3. The Morgan fingerprint density at radius 1 is 1.18 bits per heavy atom. The Labute approximate surface area is 163 Å². The van der Waals surface area contributed by atoms with E-state index in [1.165, 1.54) is 5.39 Å². The molecule has 6 N–H and O–H groups in total. The highest BCUT2D eigenvalue weighted by molar-refractivity contribution is 5.87. The normalized spacial score (nSPS) is 20.1. The highest BCUT2D eigenvalue weighted by Crippen LogP contribution is 2.41. The predicted molar refractivity (Wildman–Crippen MR) is 113 cm³/mol. The van der Waals surface area contributed by atoms with Gasteiger partial charge in [0, 0.05) is 46.3 Å². The molecule has 1 fully saturated rings. The average Bonchev–Trinajstić information content (AvgIpc) is 3.28. The predicted octanol–water partition coefficient (Wildman–Crippen LogP) is 3.83. The summed E-state index contributed by atoms with van der Waals surface area (Å²) < 4.78 is 1.74. The van der Waals surface area contributed by atoms with Crippen LogP contribution in [-0.2, 0) is 0 Å². The molecule has 1 saturated carbocycles. The van der Waals surface area contributed by atoms with Gasteiger partial charge in [-0.15, -0.1) is 5.10 Å². The Bertz CT molecular complexity index is 1150. The van der Waals surface area contributed by atoms with Gasteiger partial charge in [-0.3, -0.25) is 0 Å². The van der Waals surface area contributed by atoms with Gasteiger partial charge >= 0.3 is 0 Å². The number of aromatic nitrogens is 4.